The molecule has 0 spiro atoms. The van der Waals surface area contributed by atoms with E-state index in [9.17, 15) is 15.0 Å². The lowest BCUT2D eigenvalue weighted by Gasteiger charge is -2.17. The van der Waals surface area contributed by atoms with Gasteiger partial charge in [-0.25, -0.2) is 0 Å². The number of ether oxygens (including phenoxy) is 1. The zero-order valence-corrected chi connectivity index (χ0v) is 15.6. The minimum absolute atomic E-state index is 0.185. The summed E-state index contributed by atoms with van der Waals surface area (Å²) in [6.07, 6.45) is 0.744. The summed E-state index contributed by atoms with van der Waals surface area (Å²) in [4.78, 5) is 11.8. The summed E-state index contributed by atoms with van der Waals surface area (Å²) in [6.45, 7) is 0. The van der Waals surface area contributed by atoms with Gasteiger partial charge < -0.3 is 14.9 Å². The first-order valence-electron chi connectivity index (χ1n) is 9.02. The average molecular weight is 374 g/mol. The molecule has 0 aliphatic rings. The van der Waals surface area contributed by atoms with E-state index in [1.165, 1.54) is 7.11 Å². The van der Waals surface area contributed by atoms with E-state index in [0.29, 0.717) is 6.42 Å². The maximum atomic E-state index is 11.8. The van der Waals surface area contributed by atoms with Crippen LogP contribution in [0, 0.1) is 0 Å². The van der Waals surface area contributed by atoms with Crippen molar-refractivity contribution < 1.29 is 19.7 Å². The van der Waals surface area contributed by atoms with Crippen molar-refractivity contribution in [3.05, 3.63) is 95.6 Å². The zero-order chi connectivity index (χ0) is 19.9. The van der Waals surface area contributed by atoms with Gasteiger partial charge in [-0.1, -0.05) is 54.6 Å². The van der Waals surface area contributed by atoms with Gasteiger partial charge in [0.15, 0.2) is 0 Å². The molecule has 0 aliphatic carbocycles. The van der Waals surface area contributed by atoms with Gasteiger partial charge in [-0.05, 0) is 58.5 Å². The van der Waals surface area contributed by atoms with Crippen LogP contribution in [0.5, 0.6) is 11.5 Å². The molecule has 3 aromatic rings. The number of benzene rings is 3. The van der Waals surface area contributed by atoms with E-state index in [1.54, 1.807) is 24.3 Å². The van der Waals surface area contributed by atoms with Crippen LogP contribution >= 0.6 is 0 Å². The van der Waals surface area contributed by atoms with E-state index in [0.717, 1.165) is 27.8 Å². The molecule has 0 aliphatic heterocycles. The molecular formula is C24H22O4. The predicted molar refractivity (Wildman–Crippen MR) is 110 cm³/mol. The molecule has 0 bridgehead atoms. The van der Waals surface area contributed by atoms with Crippen LogP contribution in [0.1, 0.15) is 29.5 Å². The maximum Gasteiger partial charge on any atom is 0.305 e. The smallest absolute Gasteiger partial charge is 0.305 e. The van der Waals surface area contributed by atoms with Gasteiger partial charge in [0.1, 0.15) is 11.5 Å². The number of carbonyl (C=O) groups excluding carboxylic acids is 1. The Labute approximate surface area is 164 Å². The Kier molecular flexibility index (Phi) is 6.12. The second kappa shape index (κ2) is 8.91. The molecule has 0 unspecified atom stereocenters. The molecule has 0 aromatic heterocycles. The van der Waals surface area contributed by atoms with Gasteiger partial charge in [0.05, 0.1) is 7.11 Å². The first-order valence-corrected chi connectivity index (χ1v) is 9.02. The van der Waals surface area contributed by atoms with E-state index in [1.807, 2.05) is 54.6 Å². The molecule has 0 fully saturated rings. The third-order valence-electron chi connectivity index (χ3n) is 4.54. The number of hydrogen-bond donors (Lipinski definition) is 2. The topological polar surface area (TPSA) is 66.8 Å². The van der Waals surface area contributed by atoms with Crippen LogP contribution in [-0.4, -0.2) is 23.3 Å². The van der Waals surface area contributed by atoms with Gasteiger partial charge in [-0.2, -0.15) is 0 Å². The van der Waals surface area contributed by atoms with E-state index in [2.05, 4.69) is 0 Å². The number of carbonyl (C=O) groups is 1. The Bertz CT molecular complexity index is 908. The van der Waals surface area contributed by atoms with Crippen molar-refractivity contribution >= 4 is 17.1 Å². The molecule has 0 saturated heterocycles. The van der Waals surface area contributed by atoms with Crippen LogP contribution in [0.25, 0.3) is 11.1 Å². The van der Waals surface area contributed by atoms with Gasteiger partial charge in [-0.3, -0.25) is 4.79 Å². The number of hydrogen-bond acceptors (Lipinski definition) is 4. The quantitative estimate of drug-likeness (QED) is 0.470. The number of methoxy groups -OCH3 is 1. The molecule has 0 saturated carbocycles. The van der Waals surface area contributed by atoms with Crippen molar-refractivity contribution in [1.82, 2.24) is 0 Å². The second-order valence-corrected chi connectivity index (χ2v) is 6.39. The normalized spacial score (nSPS) is 10.3. The standard InChI is InChI=1S/C24H22O4/c1-28-23(27)16-15-22(17-5-3-2-4-6-17)24(18-7-11-20(25)12-8-18)19-9-13-21(26)14-10-19/h2-14,25-26H,15-16H2,1H3. The highest BCUT2D eigenvalue weighted by Crippen LogP contribution is 2.36. The van der Waals surface area contributed by atoms with Gasteiger partial charge in [0, 0.05) is 6.42 Å². The molecule has 0 amide bonds. The van der Waals surface area contributed by atoms with Crippen molar-refractivity contribution in [3.8, 4) is 11.5 Å². The van der Waals surface area contributed by atoms with Crippen LogP contribution in [0.15, 0.2) is 78.9 Å². The van der Waals surface area contributed by atoms with Crippen molar-refractivity contribution in [3.63, 3.8) is 0 Å². The summed E-state index contributed by atoms with van der Waals surface area (Å²) in [5.74, 6) is 0.0958. The number of aromatic hydroxyl groups is 2. The monoisotopic (exact) mass is 374 g/mol. The molecule has 2 N–H and O–H groups in total. The zero-order valence-electron chi connectivity index (χ0n) is 15.6. The second-order valence-electron chi connectivity index (χ2n) is 6.39. The molecule has 142 valence electrons. The highest BCUT2D eigenvalue weighted by molar-refractivity contribution is 5.99. The molecule has 0 atom stereocenters. The lowest BCUT2D eigenvalue weighted by Crippen LogP contribution is -2.02. The highest BCUT2D eigenvalue weighted by Gasteiger charge is 2.16. The Morgan fingerprint density at radius 2 is 1.21 bits per heavy atom. The summed E-state index contributed by atoms with van der Waals surface area (Å²) in [7, 11) is 1.38. The summed E-state index contributed by atoms with van der Waals surface area (Å²) >= 11 is 0. The van der Waals surface area contributed by atoms with Crippen LogP contribution in [-0.2, 0) is 9.53 Å². The van der Waals surface area contributed by atoms with Gasteiger partial charge >= 0.3 is 5.97 Å². The first kappa shape index (κ1) is 19.2. The predicted octanol–water partition coefficient (Wildman–Crippen LogP) is 5.01. The minimum Gasteiger partial charge on any atom is -0.508 e. The summed E-state index contributed by atoms with van der Waals surface area (Å²) in [6, 6.07) is 23.8. The minimum atomic E-state index is -0.274. The molecule has 3 aromatic carbocycles. The Balaban J connectivity index is 2.22. The van der Waals surface area contributed by atoms with Crippen molar-refractivity contribution in [1.29, 1.82) is 0 Å². The third kappa shape index (κ3) is 4.60. The number of allylic oxidation sites excluding steroid dienone is 1. The van der Waals surface area contributed by atoms with E-state index < -0.39 is 0 Å². The average Bonchev–Trinajstić information content (AvgIpc) is 2.73. The SMILES string of the molecule is COC(=O)CCC(=C(c1ccc(O)cc1)c1ccc(O)cc1)c1ccccc1. The van der Waals surface area contributed by atoms with Crippen LogP contribution < -0.4 is 0 Å². The Morgan fingerprint density at radius 1 is 0.714 bits per heavy atom. The van der Waals surface area contributed by atoms with Crippen molar-refractivity contribution in [2.45, 2.75) is 12.8 Å². The number of phenolic OH excluding ortho intramolecular Hbond substituents is 2. The summed E-state index contributed by atoms with van der Waals surface area (Å²) in [5, 5.41) is 19.4. The largest absolute Gasteiger partial charge is 0.508 e. The fourth-order valence-corrected chi connectivity index (χ4v) is 3.15. The molecule has 4 nitrogen and oxygen atoms in total. The summed E-state index contributed by atoms with van der Waals surface area (Å²) in [5.41, 5.74) is 4.75. The maximum absolute atomic E-state index is 11.8. The summed E-state index contributed by atoms with van der Waals surface area (Å²) < 4.78 is 4.83. The first-order chi connectivity index (χ1) is 13.6. The van der Waals surface area contributed by atoms with Crippen molar-refractivity contribution in [2.24, 2.45) is 0 Å². The molecule has 0 radical (unpaired) electrons. The molecular weight excluding hydrogens is 352 g/mol. The van der Waals surface area contributed by atoms with E-state index >= 15 is 0 Å². The van der Waals surface area contributed by atoms with Gasteiger partial charge in [0.2, 0.25) is 0 Å². The Morgan fingerprint density at radius 3 is 1.68 bits per heavy atom. The van der Waals surface area contributed by atoms with Gasteiger partial charge in [0.25, 0.3) is 0 Å². The number of rotatable bonds is 6. The van der Waals surface area contributed by atoms with Crippen LogP contribution in [0.3, 0.4) is 0 Å². The van der Waals surface area contributed by atoms with Crippen molar-refractivity contribution in [2.75, 3.05) is 7.11 Å². The van der Waals surface area contributed by atoms with E-state index in [-0.39, 0.29) is 23.9 Å². The number of esters is 1. The number of phenols is 2. The lowest BCUT2D eigenvalue weighted by atomic mass is 9.87. The Hall–Kier alpha value is -3.53. The fourth-order valence-electron chi connectivity index (χ4n) is 3.15. The van der Waals surface area contributed by atoms with Crippen LogP contribution in [0.2, 0.25) is 0 Å². The molecule has 28 heavy (non-hydrogen) atoms. The molecule has 4 heteroatoms. The molecule has 0 heterocycles. The lowest BCUT2D eigenvalue weighted by molar-refractivity contribution is -0.140. The highest BCUT2D eigenvalue weighted by atomic mass is 16.5. The fraction of sp³-hybridized carbons (Fsp3) is 0.125. The van der Waals surface area contributed by atoms with Crippen LogP contribution in [0.4, 0.5) is 0 Å². The molecule has 3 rings (SSSR count). The third-order valence-corrected chi connectivity index (χ3v) is 4.54. The van der Waals surface area contributed by atoms with Gasteiger partial charge in [-0.15, -0.1) is 0 Å². The van der Waals surface area contributed by atoms with E-state index in [4.69, 9.17) is 4.74 Å².